The Bertz CT molecular complexity index is 1270. The molecule has 32 heavy (non-hydrogen) atoms. The van der Waals surface area contributed by atoms with E-state index < -0.39 is 5.97 Å². The van der Waals surface area contributed by atoms with Crippen molar-refractivity contribution < 1.29 is 9.53 Å². The number of aromatic amines is 1. The molecule has 0 spiro atoms. The molecule has 0 atom stereocenters. The lowest BCUT2D eigenvalue weighted by Gasteiger charge is -2.08. The van der Waals surface area contributed by atoms with Gasteiger partial charge in [-0.2, -0.15) is 10.2 Å². The zero-order valence-electron chi connectivity index (χ0n) is 18.7. The van der Waals surface area contributed by atoms with Crippen molar-refractivity contribution in [2.45, 2.75) is 34.6 Å². The topological polar surface area (TPSA) is 111 Å². The number of aromatic nitrogens is 6. The lowest BCUT2D eigenvalue weighted by atomic mass is 10.1. The van der Waals surface area contributed by atoms with Crippen molar-refractivity contribution in [3.8, 4) is 17.1 Å². The van der Waals surface area contributed by atoms with Crippen LogP contribution in [0.2, 0.25) is 0 Å². The van der Waals surface area contributed by atoms with Gasteiger partial charge in [0.1, 0.15) is 17.7 Å². The Morgan fingerprint density at radius 1 is 1.12 bits per heavy atom. The molecule has 0 radical (unpaired) electrons. The van der Waals surface area contributed by atoms with Crippen LogP contribution in [0.3, 0.4) is 0 Å². The summed E-state index contributed by atoms with van der Waals surface area (Å²) >= 11 is 0. The summed E-state index contributed by atoms with van der Waals surface area (Å²) < 4.78 is 6.77. The highest BCUT2D eigenvalue weighted by molar-refractivity contribution is 5.92. The van der Waals surface area contributed by atoms with Gasteiger partial charge in [0.2, 0.25) is 0 Å². The molecule has 3 heterocycles. The molecule has 0 bridgehead atoms. The second-order valence-electron chi connectivity index (χ2n) is 7.50. The van der Waals surface area contributed by atoms with Gasteiger partial charge >= 0.3 is 5.97 Å². The normalized spacial score (nSPS) is 10.9. The Morgan fingerprint density at radius 3 is 2.59 bits per heavy atom. The molecule has 0 fully saturated rings. The Morgan fingerprint density at radius 2 is 1.88 bits per heavy atom. The van der Waals surface area contributed by atoms with Gasteiger partial charge in [-0.15, -0.1) is 0 Å². The molecule has 0 aliphatic heterocycles. The smallest absolute Gasteiger partial charge is 0.341 e. The maximum atomic E-state index is 12.3. The van der Waals surface area contributed by atoms with Crippen molar-refractivity contribution in [1.82, 2.24) is 29.9 Å². The summed E-state index contributed by atoms with van der Waals surface area (Å²) in [5.41, 5.74) is 5.87. The second kappa shape index (κ2) is 8.62. The average Bonchev–Trinajstić information content (AvgIpc) is 3.28. The van der Waals surface area contributed by atoms with Crippen LogP contribution in [0.5, 0.6) is 0 Å². The van der Waals surface area contributed by atoms with Crippen LogP contribution >= 0.6 is 0 Å². The first kappa shape index (κ1) is 21.2. The lowest BCUT2D eigenvalue weighted by molar-refractivity contribution is 0.0524. The highest BCUT2D eigenvalue weighted by atomic mass is 16.5. The van der Waals surface area contributed by atoms with E-state index in [1.54, 1.807) is 24.6 Å². The van der Waals surface area contributed by atoms with Crippen LogP contribution in [0.25, 0.3) is 17.1 Å². The predicted molar refractivity (Wildman–Crippen MR) is 121 cm³/mol. The van der Waals surface area contributed by atoms with Crippen molar-refractivity contribution in [1.29, 1.82) is 0 Å². The summed E-state index contributed by atoms with van der Waals surface area (Å²) in [6, 6.07) is 10.0. The number of esters is 1. The zero-order valence-corrected chi connectivity index (χ0v) is 18.7. The van der Waals surface area contributed by atoms with Gasteiger partial charge in [-0.05, 0) is 40.2 Å². The Labute approximate surface area is 185 Å². The third-order valence-corrected chi connectivity index (χ3v) is 5.24. The third-order valence-electron chi connectivity index (χ3n) is 5.24. The summed E-state index contributed by atoms with van der Waals surface area (Å²) in [5.74, 6) is 1.37. The van der Waals surface area contributed by atoms with Crippen LogP contribution in [0.4, 0.5) is 11.6 Å². The molecule has 9 heteroatoms. The van der Waals surface area contributed by atoms with Crippen LogP contribution in [0.15, 0.2) is 36.7 Å². The largest absolute Gasteiger partial charge is 0.462 e. The standard InChI is InChI=1S/C23H25N7O2/c1-6-32-23(31)20-15(4)29-30(16(20)5)19-11-18(24-12-25-19)26-22-14(3)21(27-28-22)17-9-7-13(2)8-10-17/h7-12H,6H2,1-5H3,(H2,24,25,26,27,28). The van der Waals surface area contributed by atoms with E-state index in [0.29, 0.717) is 41.0 Å². The van der Waals surface area contributed by atoms with Gasteiger partial charge in [0.15, 0.2) is 11.6 Å². The lowest BCUT2D eigenvalue weighted by Crippen LogP contribution is -2.08. The minimum atomic E-state index is -0.392. The minimum absolute atomic E-state index is 0.304. The van der Waals surface area contributed by atoms with E-state index in [9.17, 15) is 4.79 Å². The van der Waals surface area contributed by atoms with Crippen molar-refractivity contribution in [3.63, 3.8) is 0 Å². The van der Waals surface area contributed by atoms with Gasteiger partial charge in [-0.3, -0.25) is 5.10 Å². The summed E-state index contributed by atoms with van der Waals surface area (Å²) in [4.78, 5) is 20.9. The van der Waals surface area contributed by atoms with Crippen LogP contribution in [0, 0.1) is 27.7 Å². The van der Waals surface area contributed by atoms with Gasteiger partial charge < -0.3 is 10.1 Å². The average molecular weight is 432 g/mol. The van der Waals surface area contributed by atoms with E-state index in [0.717, 1.165) is 16.8 Å². The fourth-order valence-electron chi connectivity index (χ4n) is 3.54. The molecule has 164 valence electrons. The van der Waals surface area contributed by atoms with Crippen molar-refractivity contribution >= 4 is 17.6 Å². The molecule has 0 saturated carbocycles. The Kier molecular flexibility index (Phi) is 5.72. The van der Waals surface area contributed by atoms with Crippen molar-refractivity contribution in [3.05, 3.63) is 64.7 Å². The third kappa shape index (κ3) is 3.96. The van der Waals surface area contributed by atoms with E-state index in [2.05, 4.69) is 61.8 Å². The van der Waals surface area contributed by atoms with Crippen LogP contribution in [0.1, 0.15) is 39.8 Å². The SMILES string of the molecule is CCOC(=O)c1c(C)nn(-c2cc(Nc3n[nH]c(-c4ccc(C)cc4)c3C)ncn2)c1C. The molecule has 4 rings (SSSR count). The molecular formula is C23H25N7O2. The molecule has 3 aromatic heterocycles. The first-order valence-electron chi connectivity index (χ1n) is 10.3. The van der Waals surface area contributed by atoms with Gasteiger partial charge in [0.25, 0.3) is 0 Å². The summed E-state index contributed by atoms with van der Waals surface area (Å²) in [6.45, 7) is 9.72. The zero-order chi connectivity index (χ0) is 22.8. The highest BCUT2D eigenvalue weighted by Crippen LogP contribution is 2.28. The number of nitrogens with zero attached hydrogens (tertiary/aromatic N) is 5. The van der Waals surface area contributed by atoms with Crippen LogP contribution in [-0.4, -0.2) is 42.5 Å². The van der Waals surface area contributed by atoms with Crippen molar-refractivity contribution in [2.75, 3.05) is 11.9 Å². The molecule has 0 saturated heterocycles. The number of carbonyl (C=O) groups is 1. The monoisotopic (exact) mass is 431 g/mol. The number of aryl methyl sites for hydroxylation is 2. The number of nitrogens with one attached hydrogen (secondary N) is 2. The molecule has 0 aliphatic rings. The fraction of sp³-hybridized carbons (Fsp3) is 0.261. The Balaban J connectivity index is 1.62. The molecule has 4 aromatic rings. The first-order valence-corrected chi connectivity index (χ1v) is 10.3. The molecule has 2 N–H and O–H groups in total. The van der Waals surface area contributed by atoms with Gasteiger partial charge in [-0.25, -0.2) is 19.4 Å². The molecule has 0 amide bonds. The Hall–Kier alpha value is -4.01. The second-order valence-corrected chi connectivity index (χ2v) is 7.50. The van der Waals surface area contributed by atoms with Gasteiger partial charge in [0, 0.05) is 11.6 Å². The number of H-pyrrole nitrogens is 1. The molecular weight excluding hydrogens is 406 g/mol. The quantitative estimate of drug-likeness (QED) is 0.440. The van der Waals surface area contributed by atoms with E-state index in [1.165, 1.54) is 11.9 Å². The number of rotatable bonds is 6. The minimum Gasteiger partial charge on any atom is -0.462 e. The summed E-state index contributed by atoms with van der Waals surface area (Å²) in [5, 5.41) is 15.2. The maximum absolute atomic E-state index is 12.3. The number of anilines is 2. The summed E-state index contributed by atoms with van der Waals surface area (Å²) in [7, 11) is 0. The van der Waals surface area contributed by atoms with E-state index >= 15 is 0 Å². The number of carbonyl (C=O) groups excluding carboxylic acids is 1. The van der Waals surface area contributed by atoms with Gasteiger partial charge in [-0.1, -0.05) is 29.8 Å². The number of ether oxygens (including phenoxy) is 1. The number of hydrogen-bond donors (Lipinski definition) is 2. The molecule has 0 unspecified atom stereocenters. The van der Waals surface area contributed by atoms with E-state index in [-0.39, 0.29) is 0 Å². The highest BCUT2D eigenvalue weighted by Gasteiger charge is 2.21. The molecule has 1 aromatic carbocycles. The fourth-order valence-corrected chi connectivity index (χ4v) is 3.54. The van der Waals surface area contributed by atoms with Crippen LogP contribution in [-0.2, 0) is 4.74 Å². The van der Waals surface area contributed by atoms with E-state index in [4.69, 9.17) is 4.74 Å². The number of benzene rings is 1. The van der Waals surface area contributed by atoms with Crippen LogP contribution < -0.4 is 5.32 Å². The van der Waals surface area contributed by atoms with Gasteiger partial charge in [0.05, 0.1) is 23.7 Å². The molecule has 0 aliphatic carbocycles. The number of hydrogen-bond acceptors (Lipinski definition) is 7. The van der Waals surface area contributed by atoms with Crippen molar-refractivity contribution in [2.24, 2.45) is 0 Å². The summed E-state index contributed by atoms with van der Waals surface area (Å²) in [6.07, 6.45) is 1.45. The predicted octanol–water partition coefficient (Wildman–Crippen LogP) is 4.21. The first-order chi connectivity index (χ1) is 15.4. The molecule has 9 nitrogen and oxygen atoms in total. The maximum Gasteiger partial charge on any atom is 0.341 e. The van der Waals surface area contributed by atoms with E-state index in [1.807, 2.05) is 13.8 Å².